The number of hydrogen-bond donors (Lipinski definition) is 0. The van der Waals surface area contributed by atoms with E-state index in [1.54, 1.807) is 6.20 Å². The van der Waals surface area contributed by atoms with Gasteiger partial charge in [0, 0.05) is 17.5 Å². The van der Waals surface area contributed by atoms with Gasteiger partial charge in [-0.25, -0.2) is 9.97 Å². The van der Waals surface area contributed by atoms with Crippen LogP contribution in [0.2, 0.25) is 0 Å². The van der Waals surface area contributed by atoms with Gasteiger partial charge in [0.2, 0.25) is 0 Å². The van der Waals surface area contributed by atoms with E-state index in [1.807, 2.05) is 12.3 Å². The fourth-order valence-corrected chi connectivity index (χ4v) is 1.72. The minimum absolute atomic E-state index is 0.349. The summed E-state index contributed by atoms with van der Waals surface area (Å²) in [5, 5.41) is 1.12. The van der Waals surface area contributed by atoms with Gasteiger partial charge in [-0.05, 0) is 12.0 Å². The van der Waals surface area contributed by atoms with Crippen molar-refractivity contribution in [2.45, 2.75) is 39.5 Å². The lowest BCUT2D eigenvalue weighted by molar-refractivity contribution is 0.742. The number of fused-ring (bicyclic) bond motifs is 1. The number of hydrogen-bond acceptors (Lipinski definition) is 3. The Balaban J connectivity index is 2.74. The maximum atomic E-state index is 4.66. The van der Waals surface area contributed by atoms with Crippen molar-refractivity contribution in [1.29, 1.82) is 0 Å². The molecule has 0 N–H and O–H groups in total. The zero-order chi connectivity index (χ0) is 11.7. The Bertz CT molecular complexity index is 504. The third-order valence-electron chi connectivity index (χ3n) is 2.61. The lowest BCUT2D eigenvalue weighted by Crippen LogP contribution is -2.04. The molecule has 0 radical (unpaired) electrons. The molecule has 3 heteroatoms. The molecular formula is C13H17N3. The Morgan fingerprint density at radius 1 is 1.00 bits per heavy atom. The second-order valence-corrected chi connectivity index (χ2v) is 4.67. The topological polar surface area (TPSA) is 38.7 Å². The van der Waals surface area contributed by atoms with E-state index in [1.165, 1.54) is 0 Å². The minimum Gasteiger partial charge on any atom is -0.262 e. The van der Waals surface area contributed by atoms with E-state index in [0.29, 0.717) is 11.8 Å². The maximum absolute atomic E-state index is 4.66. The highest BCUT2D eigenvalue weighted by Crippen LogP contribution is 2.23. The normalized spacial score (nSPS) is 11.6. The quantitative estimate of drug-likeness (QED) is 0.771. The molecule has 0 bridgehead atoms. The maximum Gasteiger partial charge on any atom is 0.131 e. The third kappa shape index (κ3) is 1.90. The van der Waals surface area contributed by atoms with E-state index >= 15 is 0 Å². The van der Waals surface area contributed by atoms with Crippen molar-refractivity contribution in [2.75, 3.05) is 0 Å². The van der Waals surface area contributed by atoms with Gasteiger partial charge in [0.1, 0.15) is 5.82 Å². The van der Waals surface area contributed by atoms with Gasteiger partial charge in [0.05, 0.1) is 17.4 Å². The first-order valence-electron chi connectivity index (χ1n) is 5.71. The third-order valence-corrected chi connectivity index (χ3v) is 2.61. The van der Waals surface area contributed by atoms with Crippen molar-refractivity contribution in [2.24, 2.45) is 0 Å². The summed E-state index contributed by atoms with van der Waals surface area (Å²) in [5.41, 5.74) is 2.07. The summed E-state index contributed by atoms with van der Waals surface area (Å²) in [6, 6.07) is 1.99. The van der Waals surface area contributed by atoms with Crippen LogP contribution in [0.3, 0.4) is 0 Å². The Morgan fingerprint density at radius 2 is 1.75 bits per heavy atom. The molecule has 0 atom stereocenters. The molecule has 0 aliphatic carbocycles. The van der Waals surface area contributed by atoms with Gasteiger partial charge in [0.25, 0.3) is 0 Å². The molecular weight excluding hydrogens is 198 g/mol. The van der Waals surface area contributed by atoms with E-state index in [-0.39, 0.29) is 0 Å². The zero-order valence-corrected chi connectivity index (χ0v) is 10.2. The Morgan fingerprint density at radius 3 is 2.38 bits per heavy atom. The first kappa shape index (κ1) is 11.0. The molecule has 0 unspecified atom stereocenters. The van der Waals surface area contributed by atoms with E-state index in [9.17, 15) is 0 Å². The summed E-state index contributed by atoms with van der Waals surface area (Å²) in [4.78, 5) is 13.3. The van der Waals surface area contributed by atoms with E-state index in [0.717, 1.165) is 22.4 Å². The summed E-state index contributed by atoms with van der Waals surface area (Å²) in [5.74, 6) is 1.66. The highest BCUT2D eigenvalue weighted by molar-refractivity contribution is 5.80. The van der Waals surface area contributed by atoms with Crippen molar-refractivity contribution >= 4 is 10.9 Å². The van der Waals surface area contributed by atoms with Gasteiger partial charge >= 0.3 is 0 Å². The average Bonchev–Trinajstić information content (AvgIpc) is 2.27. The van der Waals surface area contributed by atoms with Gasteiger partial charge in [0.15, 0.2) is 0 Å². The van der Waals surface area contributed by atoms with Gasteiger partial charge < -0.3 is 0 Å². The summed E-state index contributed by atoms with van der Waals surface area (Å²) in [7, 11) is 0. The predicted molar refractivity (Wildman–Crippen MR) is 65.5 cm³/mol. The van der Waals surface area contributed by atoms with Crippen LogP contribution < -0.4 is 0 Å². The molecule has 2 aromatic rings. The van der Waals surface area contributed by atoms with Crippen LogP contribution in [0.1, 0.15) is 51.0 Å². The average molecular weight is 215 g/mol. The van der Waals surface area contributed by atoms with Crippen LogP contribution >= 0.6 is 0 Å². The van der Waals surface area contributed by atoms with Gasteiger partial charge in [-0.1, -0.05) is 27.7 Å². The van der Waals surface area contributed by atoms with Gasteiger partial charge in [-0.2, -0.15) is 0 Å². The molecule has 0 saturated carbocycles. The van der Waals surface area contributed by atoms with Gasteiger partial charge in [-0.3, -0.25) is 4.98 Å². The first-order chi connectivity index (χ1) is 7.59. The van der Waals surface area contributed by atoms with Crippen LogP contribution in [0.4, 0.5) is 0 Å². The highest BCUT2D eigenvalue weighted by atomic mass is 14.9. The lowest BCUT2D eigenvalue weighted by Gasteiger charge is -2.12. The standard InChI is InChI=1S/C13H17N3/c1-8(2)12-10-5-6-14-7-11(10)15-13(16-12)9(3)4/h5-9H,1-4H3. The van der Waals surface area contributed by atoms with Crippen molar-refractivity contribution < 1.29 is 0 Å². The van der Waals surface area contributed by atoms with Crippen molar-refractivity contribution in [3.8, 4) is 0 Å². The molecule has 2 aromatic heterocycles. The first-order valence-corrected chi connectivity index (χ1v) is 5.71. The van der Waals surface area contributed by atoms with Crippen molar-refractivity contribution in [1.82, 2.24) is 15.0 Å². The molecule has 3 nitrogen and oxygen atoms in total. The van der Waals surface area contributed by atoms with Crippen LogP contribution in [-0.4, -0.2) is 15.0 Å². The fourth-order valence-electron chi connectivity index (χ4n) is 1.72. The molecule has 2 rings (SSSR count). The Labute approximate surface area is 96.0 Å². The number of pyridine rings is 1. The van der Waals surface area contributed by atoms with Crippen molar-refractivity contribution in [3.63, 3.8) is 0 Å². The second kappa shape index (κ2) is 4.16. The monoisotopic (exact) mass is 215 g/mol. The zero-order valence-electron chi connectivity index (χ0n) is 10.2. The molecule has 16 heavy (non-hydrogen) atoms. The van der Waals surface area contributed by atoms with Crippen molar-refractivity contribution in [3.05, 3.63) is 30.0 Å². The van der Waals surface area contributed by atoms with Crippen LogP contribution in [0.5, 0.6) is 0 Å². The van der Waals surface area contributed by atoms with Crippen LogP contribution in [0.25, 0.3) is 10.9 Å². The molecule has 2 heterocycles. The Kier molecular flexibility index (Phi) is 2.86. The highest BCUT2D eigenvalue weighted by Gasteiger charge is 2.12. The van der Waals surface area contributed by atoms with E-state index in [4.69, 9.17) is 0 Å². The predicted octanol–water partition coefficient (Wildman–Crippen LogP) is 3.27. The molecule has 0 aliphatic rings. The number of rotatable bonds is 2. The van der Waals surface area contributed by atoms with Crippen LogP contribution in [0.15, 0.2) is 18.5 Å². The van der Waals surface area contributed by atoms with Gasteiger partial charge in [-0.15, -0.1) is 0 Å². The molecule has 84 valence electrons. The number of nitrogens with zero attached hydrogens (tertiary/aromatic N) is 3. The molecule has 0 aliphatic heterocycles. The Hall–Kier alpha value is -1.51. The van der Waals surface area contributed by atoms with E-state index < -0.39 is 0 Å². The largest absolute Gasteiger partial charge is 0.262 e. The second-order valence-electron chi connectivity index (χ2n) is 4.67. The summed E-state index contributed by atoms with van der Waals surface area (Å²) >= 11 is 0. The minimum atomic E-state index is 0.349. The molecule has 0 aromatic carbocycles. The molecule has 0 saturated heterocycles. The molecule has 0 amide bonds. The number of aromatic nitrogens is 3. The van der Waals surface area contributed by atoms with E-state index in [2.05, 4.69) is 42.6 Å². The van der Waals surface area contributed by atoms with Crippen LogP contribution in [0, 0.1) is 0 Å². The summed E-state index contributed by atoms with van der Waals surface area (Å²) < 4.78 is 0. The fraction of sp³-hybridized carbons (Fsp3) is 0.462. The smallest absolute Gasteiger partial charge is 0.131 e. The molecule has 0 fully saturated rings. The lowest BCUT2D eigenvalue weighted by atomic mass is 10.0. The SMILES string of the molecule is CC(C)c1nc(C(C)C)c2ccncc2n1. The molecule has 0 spiro atoms. The van der Waals surface area contributed by atoms with Crippen LogP contribution in [-0.2, 0) is 0 Å². The summed E-state index contributed by atoms with van der Waals surface area (Å²) in [6.07, 6.45) is 3.61. The summed E-state index contributed by atoms with van der Waals surface area (Å²) in [6.45, 7) is 8.54.